The van der Waals surface area contributed by atoms with E-state index < -0.39 is 11.1 Å². The summed E-state index contributed by atoms with van der Waals surface area (Å²) < 4.78 is 0. The van der Waals surface area contributed by atoms with Gasteiger partial charge in [0, 0.05) is 6.54 Å². The molecular formula is C17H28N2O2. The molecule has 1 atom stereocenters. The molecule has 2 amide bonds. The van der Waals surface area contributed by atoms with Crippen LogP contribution in [0.1, 0.15) is 71.6 Å². The van der Waals surface area contributed by atoms with Crippen LogP contribution < -0.4 is 5.32 Å². The van der Waals surface area contributed by atoms with Crippen molar-refractivity contribution in [3.8, 4) is 0 Å². The van der Waals surface area contributed by atoms with E-state index in [9.17, 15) is 9.59 Å². The smallest absolute Gasteiger partial charge is 0.249 e. The molecule has 1 spiro atoms. The Kier molecular flexibility index (Phi) is 3.74. The first-order valence-corrected chi connectivity index (χ1v) is 8.66. The lowest BCUT2D eigenvalue weighted by Crippen LogP contribution is -2.75. The van der Waals surface area contributed by atoms with Crippen LogP contribution in [0.15, 0.2) is 0 Å². The van der Waals surface area contributed by atoms with Crippen molar-refractivity contribution in [3.63, 3.8) is 0 Å². The summed E-state index contributed by atoms with van der Waals surface area (Å²) in [5.74, 6) is 1.03. The van der Waals surface area contributed by atoms with Crippen LogP contribution in [-0.2, 0) is 9.59 Å². The number of rotatable bonds is 4. The van der Waals surface area contributed by atoms with Crippen LogP contribution in [0, 0.1) is 5.92 Å². The fourth-order valence-corrected chi connectivity index (χ4v) is 3.92. The number of hydrogen-bond donors (Lipinski definition) is 1. The van der Waals surface area contributed by atoms with E-state index >= 15 is 0 Å². The molecule has 2 aliphatic carbocycles. The third-order valence-corrected chi connectivity index (χ3v) is 5.95. The molecule has 1 N–H and O–H groups in total. The van der Waals surface area contributed by atoms with Gasteiger partial charge in [-0.05, 0) is 38.5 Å². The number of nitrogens with one attached hydrogen (secondary N) is 1. The fourth-order valence-electron chi connectivity index (χ4n) is 3.92. The quantitative estimate of drug-likeness (QED) is 0.866. The Bertz CT molecular complexity index is 438. The van der Waals surface area contributed by atoms with Gasteiger partial charge >= 0.3 is 0 Å². The Morgan fingerprint density at radius 2 is 1.86 bits per heavy atom. The minimum absolute atomic E-state index is 0.0577. The topological polar surface area (TPSA) is 49.4 Å². The Balaban J connectivity index is 1.85. The number of amides is 2. The molecule has 3 fully saturated rings. The lowest BCUT2D eigenvalue weighted by molar-refractivity contribution is -0.164. The summed E-state index contributed by atoms with van der Waals surface area (Å²) in [5, 5.41) is 3.13. The molecule has 4 heteroatoms. The zero-order valence-corrected chi connectivity index (χ0v) is 13.4. The molecule has 1 aliphatic heterocycles. The summed E-state index contributed by atoms with van der Waals surface area (Å²) in [7, 11) is 0. The van der Waals surface area contributed by atoms with Crippen molar-refractivity contribution in [2.24, 2.45) is 5.92 Å². The van der Waals surface area contributed by atoms with Gasteiger partial charge < -0.3 is 10.2 Å². The van der Waals surface area contributed by atoms with Crippen LogP contribution in [-0.4, -0.2) is 34.3 Å². The van der Waals surface area contributed by atoms with E-state index in [1.807, 2.05) is 18.7 Å². The number of piperazine rings is 1. The van der Waals surface area contributed by atoms with Gasteiger partial charge in [-0.3, -0.25) is 9.59 Å². The van der Waals surface area contributed by atoms with Gasteiger partial charge in [-0.2, -0.15) is 0 Å². The van der Waals surface area contributed by atoms with Crippen LogP contribution >= 0.6 is 0 Å². The fraction of sp³-hybridized carbons (Fsp3) is 0.882. The second kappa shape index (κ2) is 5.29. The zero-order valence-electron chi connectivity index (χ0n) is 13.4. The molecule has 1 saturated heterocycles. The first-order chi connectivity index (χ1) is 10.0. The van der Waals surface area contributed by atoms with Crippen molar-refractivity contribution in [3.05, 3.63) is 0 Å². The Labute approximate surface area is 127 Å². The summed E-state index contributed by atoms with van der Waals surface area (Å²) in [6, 6.07) is 0. The maximum Gasteiger partial charge on any atom is 0.249 e. The highest BCUT2D eigenvalue weighted by molar-refractivity contribution is 6.02. The van der Waals surface area contributed by atoms with Gasteiger partial charge in [0.25, 0.3) is 0 Å². The van der Waals surface area contributed by atoms with E-state index in [1.54, 1.807) is 0 Å². The van der Waals surface area contributed by atoms with Gasteiger partial charge in [-0.15, -0.1) is 0 Å². The second-order valence-electron chi connectivity index (χ2n) is 7.41. The molecule has 2 saturated carbocycles. The Morgan fingerprint density at radius 3 is 2.43 bits per heavy atom. The van der Waals surface area contributed by atoms with Crippen molar-refractivity contribution < 1.29 is 9.59 Å². The largest absolute Gasteiger partial charge is 0.340 e. The predicted molar refractivity (Wildman–Crippen MR) is 81.7 cm³/mol. The van der Waals surface area contributed by atoms with Gasteiger partial charge in [0.2, 0.25) is 11.8 Å². The van der Waals surface area contributed by atoms with Crippen molar-refractivity contribution in [2.75, 3.05) is 6.54 Å². The average molecular weight is 292 g/mol. The summed E-state index contributed by atoms with van der Waals surface area (Å²) in [6.45, 7) is 4.70. The SMILES string of the molecule is CCC1(C)C(=O)NC2(CCCCC2)C(=O)N1CCC1CC1. The number of carbonyl (C=O) groups is 2. The summed E-state index contributed by atoms with van der Waals surface area (Å²) >= 11 is 0. The third kappa shape index (κ3) is 2.47. The van der Waals surface area contributed by atoms with Gasteiger partial charge in [0.15, 0.2) is 0 Å². The molecule has 0 aromatic rings. The molecular weight excluding hydrogens is 264 g/mol. The van der Waals surface area contributed by atoms with E-state index in [4.69, 9.17) is 0 Å². The molecule has 4 nitrogen and oxygen atoms in total. The van der Waals surface area contributed by atoms with Crippen LogP contribution in [0.25, 0.3) is 0 Å². The molecule has 3 aliphatic rings. The first-order valence-electron chi connectivity index (χ1n) is 8.66. The predicted octanol–water partition coefficient (Wildman–Crippen LogP) is 2.62. The highest BCUT2D eigenvalue weighted by Crippen LogP contribution is 2.39. The minimum atomic E-state index is -0.658. The molecule has 3 rings (SSSR count). The standard InChI is InChI=1S/C17H28N2O2/c1-3-16(2)14(20)18-17(10-5-4-6-11-17)15(21)19(16)12-9-13-7-8-13/h13H,3-12H2,1-2H3,(H,18,20). The van der Waals surface area contributed by atoms with Crippen molar-refractivity contribution >= 4 is 11.8 Å². The van der Waals surface area contributed by atoms with E-state index in [0.717, 1.165) is 44.6 Å². The monoisotopic (exact) mass is 292 g/mol. The van der Waals surface area contributed by atoms with Crippen LogP contribution in [0.2, 0.25) is 0 Å². The van der Waals surface area contributed by atoms with Crippen molar-refractivity contribution in [2.45, 2.75) is 82.7 Å². The van der Waals surface area contributed by atoms with E-state index in [1.165, 1.54) is 19.3 Å². The number of carbonyl (C=O) groups excluding carboxylic acids is 2. The zero-order chi connectivity index (χ0) is 15.1. The summed E-state index contributed by atoms with van der Waals surface area (Å²) in [6.07, 6.45) is 9.24. The van der Waals surface area contributed by atoms with Crippen molar-refractivity contribution in [1.82, 2.24) is 10.2 Å². The van der Waals surface area contributed by atoms with E-state index in [-0.39, 0.29) is 11.8 Å². The first kappa shape index (κ1) is 14.9. The van der Waals surface area contributed by atoms with Crippen LogP contribution in [0.5, 0.6) is 0 Å². The molecule has 0 radical (unpaired) electrons. The maximum atomic E-state index is 13.2. The van der Waals surface area contributed by atoms with Crippen LogP contribution in [0.4, 0.5) is 0 Å². The van der Waals surface area contributed by atoms with E-state index in [0.29, 0.717) is 6.42 Å². The van der Waals surface area contributed by atoms with Crippen LogP contribution in [0.3, 0.4) is 0 Å². The third-order valence-electron chi connectivity index (χ3n) is 5.95. The number of hydrogen-bond acceptors (Lipinski definition) is 2. The maximum absolute atomic E-state index is 13.2. The molecule has 0 aromatic carbocycles. The van der Waals surface area contributed by atoms with E-state index in [2.05, 4.69) is 5.32 Å². The lowest BCUT2D eigenvalue weighted by atomic mass is 9.75. The van der Waals surface area contributed by atoms with Gasteiger partial charge in [0.1, 0.15) is 11.1 Å². The second-order valence-corrected chi connectivity index (χ2v) is 7.41. The Hall–Kier alpha value is -1.06. The lowest BCUT2D eigenvalue weighted by Gasteiger charge is -2.52. The molecule has 0 aromatic heterocycles. The highest BCUT2D eigenvalue weighted by atomic mass is 16.2. The van der Waals surface area contributed by atoms with Gasteiger partial charge in [-0.1, -0.05) is 39.0 Å². The summed E-state index contributed by atoms with van der Waals surface area (Å²) in [4.78, 5) is 27.8. The number of nitrogens with zero attached hydrogens (tertiary/aromatic N) is 1. The molecule has 0 bridgehead atoms. The average Bonchev–Trinajstić information content (AvgIpc) is 3.30. The van der Waals surface area contributed by atoms with Gasteiger partial charge in [-0.25, -0.2) is 0 Å². The Morgan fingerprint density at radius 1 is 1.19 bits per heavy atom. The van der Waals surface area contributed by atoms with Gasteiger partial charge in [0.05, 0.1) is 0 Å². The summed E-state index contributed by atoms with van der Waals surface area (Å²) in [5.41, 5.74) is -1.25. The van der Waals surface area contributed by atoms with Crippen molar-refractivity contribution in [1.29, 1.82) is 0 Å². The molecule has 21 heavy (non-hydrogen) atoms. The molecule has 1 unspecified atom stereocenters. The highest BCUT2D eigenvalue weighted by Gasteiger charge is 2.55. The molecule has 118 valence electrons. The molecule has 1 heterocycles. The minimum Gasteiger partial charge on any atom is -0.340 e. The normalized spacial score (nSPS) is 32.4.